The average Bonchev–Trinajstić information content (AvgIpc) is 2.68. The minimum absolute atomic E-state index is 0.0450. The Labute approximate surface area is 142 Å². The van der Waals surface area contributed by atoms with Crippen LogP contribution < -0.4 is 5.32 Å². The van der Waals surface area contributed by atoms with Crippen LogP contribution in [-0.2, 0) is 0 Å². The van der Waals surface area contributed by atoms with Crippen LogP contribution in [0.5, 0.6) is 0 Å². The summed E-state index contributed by atoms with van der Waals surface area (Å²) in [6, 6.07) is 2.19. The number of carbonyl (C=O) groups is 1. The Morgan fingerprint density at radius 1 is 1.40 bits per heavy atom. The number of hydrogen-bond acceptors (Lipinski definition) is 2. The Balaban J connectivity index is 2.10. The van der Waals surface area contributed by atoms with Gasteiger partial charge < -0.3 is 5.32 Å². The van der Waals surface area contributed by atoms with E-state index in [2.05, 4.69) is 57.9 Å². The van der Waals surface area contributed by atoms with Gasteiger partial charge in [-0.25, -0.2) is 0 Å². The third kappa shape index (κ3) is 3.86. The summed E-state index contributed by atoms with van der Waals surface area (Å²) < 4.78 is 1.87. The van der Waals surface area contributed by atoms with Crippen molar-refractivity contribution in [2.45, 2.75) is 46.1 Å². The van der Waals surface area contributed by atoms with E-state index in [1.54, 1.807) is 0 Å². The predicted octanol–water partition coefficient (Wildman–Crippen LogP) is 5.46. The van der Waals surface area contributed by atoms with Crippen LogP contribution >= 0.6 is 43.2 Å². The molecule has 1 aromatic heterocycles. The fraction of sp³-hybridized carbons (Fsp3) is 0.667. The van der Waals surface area contributed by atoms with E-state index in [0.29, 0.717) is 23.8 Å². The molecule has 2 nitrogen and oxygen atoms in total. The van der Waals surface area contributed by atoms with Gasteiger partial charge in [0.1, 0.15) is 0 Å². The standard InChI is InChI=1S/C15H21Br2NOS/c1-8(2)10-5-4-9(3)6-12(10)18-15(19)11-7-13(16)20-14(11)17/h7-10,12H,4-6H2,1-3H3,(H,18,19). The van der Waals surface area contributed by atoms with Gasteiger partial charge in [0.2, 0.25) is 0 Å². The molecule has 0 saturated heterocycles. The summed E-state index contributed by atoms with van der Waals surface area (Å²) >= 11 is 8.44. The molecule has 112 valence electrons. The Bertz CT molecular complexity index is 486. The highest BCUT2D eigenvalue weighted by Gasteiger charge is 2.32. The number of nitrogens with one attached hydrogen (secondary N) is 1. The van der Waals surface area contributed by atoms with Crippen molar-refractivity contribution in [1.29, 1.82) is 0 Å². The number of carbonyl (C=O) groups excluding carboxylic acids is 1. The third-order valence-electron chi connectivity index (χ3n) is 4.24. The molecule has 1 amide bonds. The van der Waals surface area contributed by atoms with Crippen molar-refractivity contribution in [2.75, 3.05) is 0 Å². The van der Waals surface area contributed by atoms with E-state index < -0.39 is 0 Å². The van der Waals surface area contributed by atoms with Gasteiger partial charge in [0, 0.05) is 6.04 Å². The van der Waals surface area contributed by atoms with E-state index in [9.17, 15) is 4.79 Å². The zero-order valence-corrected chi connectivity index (χ0v) is 16.1. The molecule has 1 aliphatic rings. The molecule has 1 aromatic rings. The van der Waals surface area contributed by atoms with E-state index in [0.717, 1.165) is 19.6 Å². The van der Waals surface area contributed by atoms with Crippen molar-refractivity contribution >= 4 is 49.1 Å². The second kappa shape index (κ2) is 6.93. The summed E-state index contributed by atoms with van der Waals surface area (Å²) in [5, 5.41) is 3.27. The lowest BCUT2D eigenvalue weighted by Gasteiger charge is -2.37. The van der Waals surface area contributed by atoms with Gasteiger partial charge in [0.05, 0.1) is 13.1 Å². The summed E-state index contributed by atoms with van der Waals surface area (Å²) in [6.45, 7) is 6.81. The van der Waals surface area contributed by atoms with Crippen molar-refractivity contribution in [3.05, 3.63) is 19.2 Å². The first-order chi connectivity index (χ1) is 9.38. The first kappa shape index (κ1) is 16.5. The lowest BCUT2D eigenvalue weighted by molar-refractivity contribution is 0.0867. The van der Waals surface area contributed by atoms with Gasteiger partial charge in [-0.1, -0.05) is 27.2 Å². The lowest BCUT2D eigenvalue weighted by atomic mass is 9.74. The van der Waals surface area contributed by atoms with Crippen LogP contribution in [0.15, 0.2) is 13.6 Å². The third-order valence-corrected chi connectivity index (χ3v) is 6.58. The summed E-state index contributed by atoms with van der Waals surface area (Å²) in [5.41, 5.74) is 0.739. The SMILES string of the molecule is CC1CCC(C(C)C)C(NC(=O)c2cc(Br)sc2Br)C1. The molecule has 3 atom stereocenters. The van der Waals surface area contributed by atoms with E-state index in [1.807, 2.05) is 6.07 Å². The van der Waals surface area contributed by atoms with Crippen LogP contribution in [0.4, 0.5) is 0 Å². The van der Waals surface area contributed by atoms with E-state index in [-0.39, 0.29) is 5.91 Å². The molecule has 1 fully saturated rings. The van der Waals surface area contributed by atoms with Crippen LogP contribution in [0.3, 0.4) is 0 Å². The van der Waals surface area contributed by atoms with Crippen LogP contribution in [0, 0.1) is 17.8 Å². The van der Waals surface area contributed by atoms with Gasteiger partial charge in [-0.2, -0.15) is 0 Å². The summed E-state index contributed by atoms with van der Waals surface area (Å²) in [5.74, 6) is 1.96. The smallest absolute Gasteiger partial charge is 0.253 e. The molecule has 0 aromatic carbocycles. The molecule has 1 saturated carbocycles. The number of amides is 1. The zero-order valence-electron chi connectivity index (χ0n) is 12.1. The maximum Gasteiger partial charge on any atom is 0.253 e. The molecule has 1 N–H and O–H groups in total. The predicted molar refractivity (Wildman–Crippen MR) is 92.3 cm³/mol. The minimum atomic E-state index is 0.0450. The molecule has 20 heavy (non-hydrogen) atoms. The number of rotatable bonds is 3. The molecule has 1 aliphatic carbocycles. The number of thiophene rings is 1. The second-order valence-electron chi connectivity index (χ2n) is 6.14. The van der Waals surface area contributed by atoms with Gasteiger partial charge >= 0.3 is 0 Å². The maximum atomic E-state index is 12.5. The summed E-state index contributed by atoms with van der Waals surface area (Å²) in [4.78, 5) is 12.5. The van der Waals surface area contributed by atoms with Crippen LogP contribution in [0.25, 0.3) is 0 Å². The summed E-state index contributed by atoms with van der Waals surface area (Å²) in [7, 11) is 0. The van der Waals surface area contributed by atoms with E-state index >= 15 is 0 Å². The van der Waals surface area contributed by atoms with Gasteiger partial charge in [-0.15, -0.1) is 11.3 Å². The molecule has 1 heterocycles. The monoisotopic (exact) mass is 421 g/mol. The Kier molecular flexibility index (Phi) is 5.71. The molecule has 5 heteroatoms. The van der Waals surface area contributed by atoms with Gasteiger partial charge in [-0.3, -0.25) is 4.79 Å². The van der Waals surface area contributed by atoms with Crippen LogP contribution in [0.2, 0.25) is 0 Å². The molecular formula is C15H21Br2NOS. The molecule has 2 rings (SSSR count). The summed E-state index contributed by atoms with van der Waals surface area (Å²) in [6.07, 6.45) is 3.60. The van der Waals surface area contributed by atoms with Gasteiger partial charge in [0.25, 0.3) is 5.91 Å². The van der Waals surface area contributed by atoms with E-state index in [4.69, 9.17) is 0 Å². The van der Waals surface area contributed by atoms with Crippen LogP contribution in [-0.4, -0.2) is 11.9 Å². The quantitative estimate of drug-likeness (QED) is 0.687. The molecule has 0 spiro atoms. The molecule has 3 unspecified atom stereocenters. The Morgan fingerprint density at radius 3 is 2.65 bits per heavy atom. The zero-order chi connectivity index (χ0) is 14.9. The highest BCUT2D eigenvalue weighted by molar-refractivity contribution is 9.12. The largest absolute Gasteiger partial charge is 0.349 e. The Hall–Kier alpha value is 0.130. The normalized spacial score (nSPS) is 26.8. The topological polar surface area (TPSA) is 29.1 Å². The molecule has 0 radical (unpaired) electrons. The Morgan fingerprint density at radius 2 is 2.10 bits per heavy atom. The average molecular weight is 423 g/mol. The maximum absolute atomic E-state index is 12.5. The molecule has 0 aliphatic heterocycles. The molecule has 0 bridgehead atoms. The van der Waals surface area contributed by atoms with Gasteiger partial charge in [0.15, 0.2) is 0 Å². The van der Waals surface area contributed by atoms with Crippen molar-refractivity contribution in [3.63, 3.8) is 0 Å². The number of hydrogen-bond donors (Lipinski definition) is 1. The van der Waals surface area contributed by atoms with E-state index in [1.165, 1.54) is 24.2 Å². The lowest BCUT2D eigenvalue weighted by Crippen LogP contribution is -2.45. The van der Waals surface area contributed by atoms with Crippen molar-refractivity contribution in [3.8, 4) is 0 Å². The highest BCUT2D eigenvalue weighted by Crippen LogP contribution is 2.35. The fourth-order valence-electron chi connectivity index (χ4n) is 3.11. The fourth-order valence-corrected chi connectivity index (χ4v) is 5.90. The highest BCUT2D eigenvalue weighted by atomic mass is 79.9. The molecular weight excluding hydrogens is 402 g/mol. The van der Waals surface area contributed by atoms with Crippen LogP contribution in [0.1, 0.15) is 50.4 Å². The first-order valence-electron chi connectivity index (χ1n) is 7.14. The minimum Gasteiger partial charge on any atom is -0.349 e. The van der Waals surface area contributed by atoms with Gasteiger partial charge in [-0.05, 0) is 68.5 Å². The van der Waals surface area contributed by atoms with Crippen molar-refractivity contribution in [2.24, 2.45) is 17.8 Å². The number of halogens is 2. The van der Waals surface area contributed by atoms with Crippen molar-refractivity contribution in [1.82, 2.24) is 5.32 Å². The second-order valence-corrected chi connectivity index (χ2v) is 9.89. The first-order valence-corrected chi connectivity index (χ1v) is 9.54. The van der Waals surface area contributed by atoms with Crippen molar-refractivity contribution < 1.29 is 4.79 Å².